The normalized spacial score (nSPS) is 11.4. The van der Waals surface area contributed by atoms with Gasteiger partial charge in [0, 0.05) is 16.3 Å². The highest BCUT2D eigenvalue weighted by atomic mass is 16.1. The minimum atomic E-state index is 0.100. The summed E-state index contributed by atoms with van der Waals surface area (Å²) in [6.07, 6.45) is 0. The molecule has 4 aromatic rings. The van der Waals surface area contributed by atoms with Crippen molar-refractivity contribution in [1.82, 2.24) is 4.98 Å². The molecule has 1 aromatic heterocycles. The van der Waals surface area contributed by atoms with Gasteiger partial charge in [0.05, 0.1) is 5.52 Å². The second-order valence-corrected chi connectivity index (χ2v) is 5.25. The number of hydrogen-bond acceptors (Lipinski definition) is 1. The number of rotatable bonds is 0. The van der Waals surface area contributed by atoms with Crippen LogP contribution in [0.2, 0.25) is 0 Å². The molecule has 2 heteroatoms. The molecule has 0 aliphatic rings. The monoisotopic (exact) mass is 259 g/mol. The Morgan fingerprint density at radius 1 is 0.800 bits per heavy atom. The zero-order valence-electron chi connectivity index (χ0n) is 11.1. The molecule has 0 radical (unpaired) electrons. The van der Waals surface area contributed by atoms with E-state index in [4.69, 9.17) is 0 Å². The number of H-pyrrole nitrogens is 1. The lowest BCUT2D eigenvalue weighted by Gasteiger charge is -2.05. The Kier molecular flexibility index (Phi) is 2.21. The Hall–Kier alpha value is -2.61. The van der Waals surface area contributed by atoms with Crippen LogP contribution in [0.4, 0.5) is 0 Å². The highest BCUT2D eigenvalue weighted by molar-refractivity contribution is 6.00. The van der Waals surface area contributed by atoms with Crippen LogP contribution in [0.25, 0.3) is 32.6 Å². The second kappa shape index (κ2) is 3.94. The number of fused-ring (bicyclic) bond motifs is 3. The van der Waals surface area contributed by atoms with Crippen LogP contribution < -0.4 is 5.43 Å². The van der Waals surface area contributed by atoms with E-state index in [-0.39, 0.29) is 5.43 Å². The molecule has 3 aromatic carbocycles. The van der Waals surface area contributed by atoms with Gasteiger partial charge in [-0.15, -0.1) is 0 Å². The molecule has 1 N–H and O–H groups in total. The van der Waals surface area contributed by atoms with Gasteiger partial charge < -0.3 is 4.98 Å². The summed E-state index contributed by atoms with van der Waals surface area (Å²) in [5, 5.41) is 3.74. The Balaban J connectivity index is 2.26. The predicted octanol–water partition coefficient (Wildman–Crippen LogP) is 4.14. The highest BCUT2D eigenvalue weighted by Crippen LogP contribution is 2.22. The van der Waals surface area contributed by atoms with Crippen LogP contribution in [0.5, 0.6) is 0 Å². The average molecular weight is 259 g/mol. The van der Waals surface area contributed by atoms with Gasteiger partial charge in [-0.25, -0.2) is 0 Å². The predicted molar refractivity (Wildman–Crippen MR) is 84.3 cm³/mol. The zero-order valence-corrected chi connectivity index (χ0v) is 11.1. The molecule has 0 aliphatic heterocycles. The van der Waals surface area contributed by atoms with Crippen molar-refractivity contribution in [2.45, 2.75) is 6.92 Å². The first-order chi connectivity index (χ1) is 9.72. The Labute approximate surface area is 115 Å². The van der Waals surface area contributed by atoms with Gasteiger partial charge in [0.15, 0.2) is 5.43 Å². The van der Waals surface area contributed by atoms with E-state index in [0.717, 1.165) is 38.1 Å². The van der Waals surface area contributed by atoms with Crippen LogP contribution in [-0.2, 0) is 0 Å². The number of nitrogens with one attached hydrogen (secondary N) is 1. The highest BCUT2D eigenvalue weighted by Gasteiger charge is 2.06. The van der Waals surface area contributed by atoms with Crippen LogP contribution in [0, 0.1) is 6.92 Å². The van der Waals surface area contributed by atoms with E-state index in [9.17, 15) is 4.79 Å². The maximum atomic E-state index is 12.7. The lowest BCUT2D eigenvalue weighted by molar-refractivity contribution is 1.44. The van der Waals surface area contributed by atoms with E-state index in [1.165, 1.54) is 0 Å². The smallest absolute Gasteiger partial charge is 0.197 e. The number of aromatic amines is 1. The quantitative estimate of drug-likeness (QED) is 0.473. The summed E-state index contributed by atoms with van der Waals surface area (Å²) in [4.78, 5) is 16.0. The molecule has 0 saturated heterocycles. The van der Waals surface area contributed by atoms with Crippen LogP contribution in [0.3, 0.4) is 0 Å². The summed E-state index contributed by atoms with van der Waals surface area (Å²) >= 11 is 0. The number of aryl methyl sites for hydroxylation is 1. The lowest BCUT2D eigenvalue weighted by Crippen LogP contribution is -2.04. The van der Waals surface area contributed by atoms with Crippen molar-refractivity contribution in [2.24, 2.45) is 0 Å². The standard InChI is InChI=1S/C18H13NO/c1-11-6-7-16-14(8-11)18(20)15-9-12-4-2-3-5-13(12)10-17(15)19-16/h2-10H,1H3,(H,19,20). The summed E-state index contributed by atoms with van der Waals surface area (Å²) in [5.41, 5.74) is 2.99. The van der Waals surface area contributed by atoms with Crippen LogP contribution in [-0.4, -0.2) is 4.98 Å². The van der Waals surface area contributed by atoms with Gasteiger partial charge in [0.1, 0.15) is 0 Å². The van der Waals surface area contributed by atoms with Gasteiger partial charge in [-0.05, 0) is 42.0 Å². The molecule has 96 valence electrons. The molecule has 0 amide bonds. The first kappa shape index (κ1) is 11.2. The Morgan fingerprint density at radius 3 is 2.30 bits per heavy atom. The second-order valence-electron chi connectivity index (χ2n) is 5.25. The number of aromatic nitrogens is 1. The maximum Gasteiger partial charge on any atom is 0.197 e. The fourth-order valence-electron chi connectivity index (χ4n) is 2.78. The molecular weight excluding hydrogens is 246 g/mol. The van der Waals surface area contributed by atoms with Crippen molar-refractivity contribution >= 4 is 32.6 Å². The molecular formula is C18H13NO. The van der Waals surface area contributed by atoms with Crippen LogP contribution in [0.1, 0.15) is 5.56 Å². The van der Waals surface area contributed by atoms with E-state index < -0.39 is 0 Å². The molecule has 0 atom stereocenters. The fourth-order valence-corrected chi connectivity index (χ4v) is 2.78. The molecule has 0 saturated carbocycles. The van der Waals surface area contributed by atoms with Gasteiger partial charge >= 0.3 is 0 Å². The van der Waals surface area contributed by atoms with Gasteiger partial charge in [-0.3, -0.25) is 4.79 Å². The van der Waals surface area contributed by atoms with Gasteiger partial charge in [0.25, 0.3) is 0 Å². The van der Waals surface area contributed by atoms with E-state index in [2.05, 4.69) is 11.1 Å². The molecule has 20 heavy (non-hydrogen) atoms. The van der Waals surface area contributed by atoms with Crippen molar-refractivity contribution in [3.8, 4) is 0 Å². The third kappa shape index (κ3) is 1.55. The maximum absolute atomic E-state index is 12.7. The minimum absolute atomic E-state index is 0.100. The molecule has 4 rings (SSSR count). The third-order valence-corrected chi connectivity index (χ3v) is 3.82. The largest absolute Gasteiger partial charge is 0.354 e. The fraction of sp³-hybridized carbons (Fsp3) is 0.0556. The van der Waals surface area contributed by atoms with E-state index in [1.54, 1.807) is 0 Å². The number of pyridine rings is 1. The Bertz CT molecular complexity index is 1030. The number of hydrogen-bond donors (Lipinski definition) is 1. The molecule has 0 fully saturated rings. The van der Waals surface area contributed by atoms with E-state index in [1.807, 2.05) is 55.5 Å². The van der Waals surface area contributed by atoms with Gasteiger partial charge in [-0.1, -0.05) is 35.9 Å². The van der Waals surface area contributed by atoms with Crippen molar-refractivity contribution in [2.75, 3.05) is 0 Å². The molecule has 0 aliphatic carbocycles. The van der Waals surface area contributed by atoms with Gasteiger partial charge in [0.2, 0.25) is 0 Å². The first-order valence-corrected chi connectivity index (χ1v) is 6.67. The van der Waals surface area contributed by atoms with Crippen molar-refractivity contribution < 1.29 is 0 Å². The molecule has 1 heterocycles. The van der Waals surface area contributed by atoms with Gasteiger partial charge in [-0.2, -0.15) is 0 Å². The average Bonchev–Trinajstić information content (AvgIpc) is 2.47. The number of benzene rings is 3. The SMILES string of the molecule is Cc1ccc2[nH]c3cc4ccccc4cc3c(=O)c2c1. The Morgan fingerprint density at radius 2 is 1.50 bits per heavy atom. The summed E-state index contributed by atoms with van der Waals surface area (Å²) < 4.78 is 0. The molecule has 0 spiro atoms. The minimum Gasteiger partial charge on any atom is -0.354 e. The lowest BCUT2D eigenvalue weighted by atomic mass is 10.0. The molecule has 2 nitrogen and oxygen atoms in total. The van der Waals surface area contributed by atoms with Crippen LogP contribution >= 0.6 is 0 Å². The van der Waals surface area contributed by atoms with Crippen molar-refractivity contribution in [3.63, 3.8) is 0 Å². The zero-order chi connectivity index (χ0) is 13.7. The van der Waals surface area contributed by atoms with Crippen LogP contribution in [0.15, 0.2) is 59.4 Å². The summed E-state index contributed by atoms with van der Waals surface area (Å²) in [5.74, 6) is 0. The first-order valence-electron chi connectivity index (χ1n) is 6.67. The topological polar surface area (TPSA) is 32.9 Å². The third-order valence-electron chi connectivity index (χ3n) is 3.82. The molecule has 0 unspecified atom stereocenters. The molecule has 0 bridgehead atoms. The van der Waals surface area contributed by atoms with Crippen molar-refractivity contribution in [3.05, 3.63) is 70.4 Å². The van der Waals surface area contributed by atoms with E-state index in [0.29, 0.717) is 0 Å². The van der Waals surface area contributed by atoms with E-state index >= 15 is 0 Å². The summed E-state index contributed by atoms with van der Waals surface area (Å²) in [6, 6.07) is 18.1. The summed E-state index contributed by atoms with van der Waals surface area (Å²) in [6.45, 7) is 2.00. The van der Waals surface area contributed by atoms with Crippen molar-refractivity contribution in [1.29, 1.82) is 0 Å². The summed E-state index contributed by atoms with van der Waals surface area (Å²) in [7, 11) is 0.